The fourth-order valence-corrected chi connectivity index (χ4v) is 1.24. The van der Waals surface area contributed by atoms with E-state index in [9.17, 15) is 8.78 Å². The van der Waals surface area contributed by atoms with Crippen molar-refractivity contribution in [2.24, 2.45) is 0 Å². The first-order valence-corrected chi connectivity index (χ1v) is 4.26. The van der Waals surface area contributed by atoms with Crippen LogP contribution in [-0.4, -0.2) is 0 Å². The summed E-state index contributed by atoms with van der Waals surface area (Å²) in [5.41, 5.74) is -0.985. The van der Waals surface area contributed by atoms with Crippen LogP contribution >= 0.6 is 0 Å². The number of benzene rings is 1. The fraction of sp³-hybridized carbons (Fsp3) is 0.273. The van der Waals surface area contributed by atoms with Crippen molar-refractivity contribution in [2.45, 2.75) is 18.8 Å². The van der Waals surface area contributed by atoms with E-state index in [1.54, 1.807) is 0 Å². The molecule has 2 nitrogen and oxygen atoms in total. The van der Waals surface area contributed by atoms with Crippen LogP contribution in [0.5, 0.6) is 0 Å². The Morgan fingerprint density at radius 3 is 2.13 bits per heavy atom. The number of halogens is 2. The van der Waals surface area contributed by atoms with Crippen molar-refractivity contribution < 1.29 is 8.78 Å². The Bertz CT molecular complexity index is 436. The first-order chi connectivity index (χ1) is 7.01. The maximum absolute atomic E-state index is 12.9. The number of hydrogen-bond donors (Lipinski definition) is 0. The van der Waals surface area contributed by atoms with Crippen LogP contribution in [0.3, 0.4) is 0 Å². The van der Waals surface area contributed by atoms with E-state index in [1.165, 1.54) is 6.92 Å². The molecule has 76 valence electrons. The molecular formula is C11H8F2N2. The fourth-order valence-electron chi connectivity index (χ4n) is 1.24. The molecular weight excluding hydrogens is 198 g/mol. The summed E-state index contributed by atoms with van der Waals surface area (Å²) in [5.74, 6) is -1.49. The zero-order valence-electron chi connectivity index (χ0n) is 8.09. The third-order valence-electron chi connectivity index (χ3n) is 2.18. The van der Waals surface area contributed by atoms with Gasteiger partial charge in [-0.3, -0.25) is 0 Å². The van der Waals surface area contributed by atoms with Gasteiger partial charge in [0.15, 0.2) is 0 Å². The lowest BCUT2D eigenvalue weighted by Crippen LogP contribution is -2.19. The summed E-state index contributed by atoms with van der Waals surface area (Å²) < 4.78 is 25.8. The van der Waals surface area contributed by atoms with Crippen LogP contribution in [0.2, 0.25) is 0 Å². The Morgan fingerprint density at radius 2 is 1.73 bits per heavy atom. The van der Waals surface area contributed by atoms with Crippen molar-refractivity contribution in [1.82, 2.24) is 0 Å². The van der Waals surface area contributed by atoms with Gasteiger partial charge in [-0.05, 0) is 24.6 Å². The van der Waals surface area contributed by atoms with E-state index in [1.807, 2.05) is 12.1 Å². The molecule has 0 saturated heterocycles. The molecule has 0 N–H and O–H groups in total. The summed E-state index contributed by atoms with van der Waals surface area (Å²) in [6.45, 7) is 1.48. The van der Waals surface area contributed by atoms with Gasteiger partial charge < -0.3 is 0 Å². The Kier molecular flexibility index (Phi) is 3.01. The van der Waals surface area contributed by atoms with Crippen LogP contribution in [0, 0.1) is 34.3 Å². The Labute approximate surface area is 86.4 Å². The SMILES string of the molecule is CC(C#N)(CC#N)c1cc(F)cc(F)c1. The highest BCUT2D eigenvalue weighted by Gasteiger charge is 2.27. The predicted octanol–water partition coefficient (Wildman–Crippen LogP) is 2.66. The third kappa shape index (κ3) is 2.30. The summed E-state index contributed by atoms with van der Waals surface area (Å²) in [7, 11) is 0. The van der Waals surface area contributed by atoms with Crippen LogP contribution in [0.4, 0.5) is 8.78 Å². The van der Waals surface area contributed by atoms with Crippen LogP contribution in [-0.2, 0) is 5.41 Å². The van der Waals surface area contributed by atoms with Gasteiger partial charge in [0.05, 0.1) is 24.0 Å². The second-order valence-electron chi connectivity index (χ2n) is 3.44. The molecule has 1 rings (SSSR count). The highest BCUT2D eigenvalue weighted by atomic mass is 19.1. The van der Waals surface area contributed by atoms with Gasteiger partial charge in [0.2, 0.25) is 0 Å². The van der Waals surface area contributed by atoms with Crippen molar-refractivity contribution in [3.8, 4) is 12.1 Å². The van der Waals surface area contributed by atoms with Gasteiger partial charge in [-0.25, -0.2) is 8.78 Å². The summed E-state index contributed by atoms with van der Waals surface area (Å²) >= 11 is 0. The molecule has 15 heavy (non-hydrogen) atoms. The van der Waals surface area contributed by atoms with Crippen LogP contribution in [0.25, 0.3) is 0 Å². The lowest BCUT2D eigenvalue weighted by atomic mass is 9.81. The smallest absolute Gasteiger partial charge is 0.126 e. The first-order valence-electron chi connectivity index (χ1n) is 4.26. The molecule has 0 radical (unpaired) electrons. The molecule has 0 aliphatic heterocycles. The van der Waals surface area contributed by atoms with E-state index < -0.39 is 17.0 Å². The van der Waals surface area contributed by atoms with Gasteiger partial charge in [0, 0.05) is 6.07 Å². The minimum atomic E-state index is -1.17. The van der Waals surface area contributed by atoms with E-state index in [4.69, 9.17) is 10.5 Å². The molecule has 1 aromatic rings. The molecule has 1 aromatic carbocycles. The van der Waals surface area contributed by atoms with Gasteiger partial charge in [-0.1, -0.05) is 0 Å². The first kappa shape index (κ1) is 11.1. The quantitative estimate of drug-likeness (QED) is 0.746. The van der Waals surface area contributed by atoms with E-state index >= 15 is 0 Å². The topological polar surface area (TPSA) is 47.6 Å². The minimum absolute atomic E-state index is 0.105. The maximum Gasteiger partial charge on any atom is 0.126 e. The van der Waals surface area contributed by atoms with Crippen LogP contribution in [0.1, 0.15) is 18.9 Å². The number of rotatable bonds is 2. The molecule has 0 spiro atoms. The largest absolute Gasteiger partial charge is 0.207 e. The Morgan fingerprint density at radius 1 is 1.20 bits per heavy atom. The van der Waals surface area contributed by atoms with Crippen molar-refractivity contribution in [3.05, 3.63) is 35.4 Å². The van der Waals surface area contributed by atoms with Gasteiger partial charge >= 0.3 is 0 Å². The number of hydrogen-bond acceptors (Lipinski definition) is 2. The monoisotopic (exact) mass is 206 g/mol. The Balaban J connectivity index is 3.26. The second kappa shape index (κ2) is 4.06. The number of nitriles is 2. The maximum atomic E-state index is 12.9. The van der Waals surface area contributed by atoms with Crippen molar-refractivity contribution >= 4 is 0 Å². The number of nitrogens with zero attached hydrogens (tertiary/aromatic N) is 2. The molecule has 0 saturated carbocycles. The molecule has 0 aliphatic rings. The molecule has 4 heteroatoms. The Hall–Kier alpha value is -1.94. The summed E-state index contributed by atoms with van der Waals surface area (Å²) in [6.07, 6.45) is -0.105. The van der Waals surface area contributed by atoms with E-state index in [-0.39, 0.29) is 12.0 Å². The molecule has 0 aliphatic carbocycles. The average molecular weight is 206 g/mol. The second-order valence-corrected chi connectivity index (χ2v) is 3.44. The van der Waals surface area contributed by atoms with Gasteiger partial charge in [0.25, 0.3) is 0 Å². The average Bonchev–Trinajstić information content (AvgIpc) is 2.16. The molecule has 0 amide bonds. The predicted molar refractivity (Wildman–Crippen MR) is 49.6 cm³/mol. The molecule has 0 heterocycles. The van der Waals surface area contributed by atoms with Gasteiger partial charge in [-0.15, -0.1) is 0 Å². The molecule has 0 aromatic heterocycles. The zero-order chi connectivity index (χ0) is 11.5. The minimum Gasteiger partial charge on any atom is -0.207 e. The molecule has 0 bridgehead atoms. The van der Waals surface area contributed by atoms with E-state index in [0.29, 0.717) is 0 Å². The highest BCUT2D eigenvalue weighted by molar-refractivity contribution is 5.33. The van der Waals surface area contributed by atoms with Gasteiger partial charge in [0.1, 0.15) is 11.6 Å². The normalized spacial score (nSPS) is 13.7. The molecule has 1 atom stereocenters. The summed E-state index contributed by atoms with van der Waals surface area (Å²) in [4.78, 5) is 0. The zero-order valence-corrected chi connectivity index (χ0v) is 8.09. The highest BCUT2D eigenvalue weighted by Crippen LogP contribution is 2.27. The van der Waals surface area contributed by atoms with Crippen LogP contribution < -0.4 is 0 Å². The van der Waals surface area contributed by atoms with Gasteiger partial charge in [-0.2, -0.15) is 10.5 Å². The van der Waals surface area contributed by atoms with Crippen LogP contribution in [0.15, 0.2) is 18.2 Å². The third-order valence-corrected chi connectivity index (χ3v) is 2.18. The van der Waals surface area contributed by atoms with Crippen molar-refractivity contribution in [1.29, 1.82) is 10.5 Å². The van der Waals surface area contributed by atoms with Crippen molar-refractivity contribution in [2.75, 3.05) is 0 Å². The van der Waals surface area contributed by atoms with Crippen molar-refractivity contribution in [3.63, 3.8) is 0 Å². The lowest BCUT2D eigenvalue weighted by Gasteiger charge is -2.18. The molecule has 0 fully saturated rings. The molecule has 1 unspecified atom stereocenters. The summed E-state index contributed by atoms with van der Waals surface area (Å²) in [5, 5.41) is 17.4. The van der Waals surface area contributed by atoms with E-state index in [2.05, 4.69) is 0 Å². The lowest BCUT2D eigenvalue weighted by molar-refractivity contribution is 0.558. The van der Waals surface area contributed by atoms with E-state index in [0.717, 1.165) is 18.2 Å². The summed E-state index contributed by atoms with van der Waals surface area (Å²) in [6, 6.07) is 6.60. The standard InChI is InChI=1S/C11H8F2N2/c1-11(7-15,2-3-14)8-4-9(12)6-10(13)5-8/h4-6H,2H2,1H3.